The van der Waals surface area contributed by atoms with Crippen molar-refractivity contribution >= 4 is 0 Å². The second-order valence-electron chi connectivity index (χ2n) is 6.48. The molecule has 1 aromatic heterocycles. The van der Waals surface area contributed by atoms with Crippen LogP contribution >= 0.6 is 0 Å². The lowest BCUT2D eigenvalue weighted by Gasteiger charge is -2.38. The monoisotopic (exact) mass is 263 g/mol. The second-order valence-corrected chi connectivity index (χ2v) is 6.48. The molecule has 0 saturated carbocycles. The molecule has 3 heteroatoms. The summed E-state index contributed by atoms with van der Waals surface area (Å²) >= 11 is 0. The van der Waals surface area contributed by atoms with Crippen molar-refractivity contribution in [3.63, 3.8) is 0 Å². The Kier molecular flexibility index (Phi) is 5.06. The molecule has 1 saturated heterocycles. The fourth-order valence-electron chi connectivity index (χ4n) is 2.84. The summed E-state index contributed by atoms with van der Waals surface area (Å²) in [5.41, 5.74) is 1.89. The Morgan fingerprint density at radius 2 is 2.05 bits per heavy atom. The van der Waals surface area contributed by atoms with E-state index in [-0.39, 0.29) is 0 Å². The number of rotatable bonds is 6. The summed E-state index contributed by atoms with van der Waals surface area (Å²) in [7, 11) is 2.23. The van der Waals surface area contributed by atoms with Gasteiger partial charge in [0.05, 0.1) is 0 Å². The second kappa shape index (κ2) is 6.58. The average molecular weight is 263 g/mol. The molecule has 0 amide bonds. The molecule has 0 atom stereocenters. The predicted octanol–water partition coefficient (Wildman–Crippen LogP) is 2.72. The quantitative estimate of drug-likeness (QED) is 0.851. The van der Waals surface area contributed by atoms with Crippen LogP contribution in [0.3, 0.4) is 0 Å². The van der Waals surface area contributed by atoms with Gasteiger partial charge in [-0.2, -0.15) is 0 Å². The topological polar surface area (TPSA) is 20.2 Å². The van der Waals surface area contributed by atoms with Crippen LogP contribution in [0.4, 0.5) is 0 Å². The Morgan fingerprint density at radius 3 is 2.74 bits per heavy atom. The molecule has 0 bridgehead atoms. The highest BCUT2D eigenvalue weighted by atomic mass is 15.1. The number of hydrogen-bond donors (Lipinski definition) is 1. The Hall–Kier alpha value is -0.800. The number of nitrogens with zero attached hydrogens (tertiary/aromatic N) is 2. The minimum atomic E-state index is 0.485. The van der Waals surface area contributed by atoms with Crippen molar-refractivity contribution in [2.24, 2.45) is 5.41 Å². The molecule has 1 aliphatic heterocycles. The van der Waals surface area contributed by atoms with Gasteiger partial charge in [-0.15, -0.1) is 0 Å². The van der Waals surface area contributed by atoms with Gasteiger partial charge in [0.15, 0.2) is 0 Å². The van der Waals surface area contributed by atoms with E-state index in [0.29, 0.717) is 5.41 Å². The summed E-state index contributed by atoms with van der Waals surface area (Å²) in [5.74, 6) is 0. The van der Waals surface area contributed by atoms with Crippen LogP contribution in [0.1, 0.15) is 38.7 Å². The van der Waals surface area contributed by atoms with Crippen molar-refractivity contribution in [3.8, 4) is 0 Å². The van der Waals surface area contributed by atoms with E-state index in [1.54, 1.807) is 0 Å². The molecule has 1 aliphatic rings. The van der Waals surface area contributed by atoms with Crippen molar-refractivity contribution in [2.45, 2.75) is 46.2 Å². The van der Waals surface area contributed by atoms with E-state index in [9.17, 15) is 0 Å². The van der Waals surface area contributed by atoms with Gasteiger partial charge in [-0.3, -0.25) is 0 Å². The number of hydrogen-bond acceptors (Lipinski definition) is 2. The molecular formula is C16H29N3. The van der Waals surface area contributed by atoms with Crippen LogP contribution in [0, 0.1) is 5.41 Å². The van der Waals surface area contributed by atoms with Crippen molar-refractivity contribution in [1.82, 2.24) is 14.8 Å². The van der Waals surface area contributed by atoms with E-state index in [4.69, 9.17) is 0 Å². The molecule has 3 nitrogen and oxygen atoms in total. The first-order chi connectivity index (χ1) is 9.11. The van der Waals surface area contributed by atoms with Crippen LogP contribution < -0.4 is 5.32 Å². The molecule has 0 unspecified atom stereocenters. The first kappa shape index (κ1) is 14.6. The van der Waals surface area contributed by atoms with Crippen LogP contribution in [0.2, 0.25) is 0 Å². The number of aromatic nitrogens is 1. The summed E-state index contributed by atoms with van der Waals surface area (Å²) < 4.78 is 2.29. The first-order valence-corrected chi connectivity index (χ1v) is 7.65. The maximum Gasteiger partial charge on any atom is 0.0220 e. The minimum absolute atomic E-state index is 0.485. The summed E-state index contributed by atoms with van der Waals surface area (Å²) in [6.45, 7) is 10.4. The standard InChI is InChI=1S/C16H29N3/c1-4-8-19-9-5-15(13-19)12-17-14-16(2)6-10-18(3)11-7-16/h5,9,13,17H,4,6-8,10-12,14H2,1-3H3. The SMILES string of the molecule is CCCn1ccc(CNCC2(C)CCN(C)CC2)c1. The largest absolute Gasteiger partial charge is 0.354 e. The molecule has 19 heavy (non-hydrogen) atoms. The van der Waals surface area contributed by atoms with Gasteiger partial charge in [-0.05, 0) is 56.4 Å². The van der Waals surface area contributed by atoms with E-state index in [1.165, 1.54) is 37.9 Å². The van der Waals surface area contributed by atoms with Crippen LogP contribution in [-0.2, 0) is 13.1 Å². The third-order valence-electron chi connectivity index (χ3n) is 4.37. The van der Waals surface area contributed by atoms with E-state index in [0.717, 1.165) is 19.6 Å². The van der Waals surface area contributed by atoms with Gasteiger partial charge < -0.3 is 14.8 Å². The van der Waals surface area contributed by atoms with Crippen molar-refractivity contribution < 1.29 is 0 Å². The molecule has 1 fully saturated rings. The molecule has 1 aromatic rings. The fourth-order valence-corrected chi connectivity index (χ4v) is 2.84. The zero-order valence-electron chi connectivity index (χ0n) is 12.8. The summed E-state index contributed by atoms with van der Waals surface area (Å²) in [6, 6.07) is 2.24. The first-order valence-electron chi connectivity index (χ1n) is 7.65. The molecule has 1 N–H and O–H groups in total. The molecule has 0 aromatic carbocycles. The summed E-state index contributed by atoms with van der Waals surface area (Å²) in [4.78, 5) is 2.44. The van der Waals surface area contributed by atoms with Crippen molar-refractivity contribution in [2.75, 3.05) is 26.7 Å². The lowest BCUT2D eigenvalue weighted by Crippen LogP contribution is -2.41. The van der Waals surface area contributed by atoms with Gasteiger partial charge in [0.25, 0.3) is 0 Å². The fraction of sp³-hybridized carbons (Fsp3) is 0.750. The van der Waals surface area contributed by atoms with Gasteiger partial charge in [0, 0.05) is 32.0 Å². The van der Waals surface area contributed by atoms with Gasteiger partial charge >= 0.3 is 0 Å². The van der Waals surface area contributed by atoms with E-state index < -0.39 is 0 Å². The normalized spacial score (nSPS) is 19.7. The molecule has 2 heterocycles. The lowest BCUT2D eigenvalue weighted by molar-refractivity contribution is 0.137. The third-order valence-corrected chi connectivity index (χ3v) is 4.37. The Morgan fingerprint density at radius 1 is 1.32 bits per heavy atom. The van der Waals surface area contributed by atoms with E-state index in [2.05, 4.69) is 54.1 Å². The van der Waals surface area contributed by atoms with Crippen molar-refractivity contribution in [3.05, 3.63) is 24.0 Å². The van der Waals surface area contributed by atoms with E-state index in [1.807, 2.05) is 0 Å². The maximum atomic E-state index is 3.65. The van der Waals surface area contributed by atoms with Crippen LogP contribution in [0.25, 0.3) is 0 Å². The third kappa shape index (κ3) is 4.36. The maximum absolute atomic E-state index is 3.65. The number of aryl methyl sites for hydroxylation is 1. The predicted molar refractivity (Wildman–Crippen MR) is 81.3 cm³/mol. The van der Waals surface area contributed by atoms with Crippen LogP contribution in [0.15, 0.2) is 18.5 Å². The van der Waals surface area contributed by atoms with Crippen molar-refractivity contribution in [1.29, 1.82) is 0 Å². The summed E-state index contributed by atoms with van der Waals surface area (Å²) in [6.07, 6.45) is 8.29. The van der Waals surface area contributed by atoms with Crippen LogP contribution in [0.5, 0.6) is 0 Å². The zero-order chi connectivity index (χ0) is 13.7. The zero-order valence-corrected chi connectivity index (χ0v) is 12.8. The molecule has 0 aliphatic carbocycles. The molecule has 2 rings (SSSR count). The molecular weight excluding hydrogens is 234 g/mol. The number of piperidine rings is 1. The van der Waals surface area contributed by atoms with Gasteiger partial charge in [-0.25, -0.2) is 0 Å². The Balaban J connectivity index is 1.73. The van der Waals surface area contributed by atoms with Gasteiger partial charge in [0.2, 0.25) is 0 Å². The molecule has 0 spiro atoms. The molecule has 108 valence electrons. The summed E-state index contributed by atoms with van der Waals surface area (Å²) in [5, 5.41) is 3.65. The Labute approximate surface area is 118 Å². The number of likely N-dealkylation sites (tertiary alicyclic amines) is 1. The minimum Gasteiger partial charge on any atom is -0.354 e. The van der Waals surface area contributed by atoms with Gasteiger partial charge in [0.1, 0.15) is 0 Å². The molecule has 0 radical (unpaired) electrons. The highest BCUT2D eigenvalue weighted by molar-refractivity contribution is 5.10. The Bertz CT molecular complexity index is 375. The van der Waals surface area contributed by atoms with Crippen LogP contribution in [-0.4, -0.2) is 36.1 Å². The van der Waals surface area contributed by atoms with Gasteiger partial charge in [-0.1, -0.05) is 13.8 Å². The average Bonchev–Trinajstić information content (AvgIpc) is 2.82. The lowest BCUT2D eigenvalue weighted by atomic mass is 9.80. The number of nitrogens with one attached hydrogen (secondary N) is 1. The highest BCUT2D eigenvalue weighted by Gasteiger charge is 2.28. The van der Waals surface area contributed by atoms with E-state index >= 15 is 0 Å². The smallest absolute Gasteiger partial charge is 0.0220 e. The highest BCUT2D eigenvalue weighted by Crippen LogP contribution is 2.29.